The van der Waals surface area contributed by atoms with Crippen LogP contribution in [0.25, 0.3) is 10.9 Å². The van der Waals surface area contributed by atoms with Crippen LogP contribution < -0.4 is 10.1 Å². The number of carbonyl (C=O) groups is 1. The maximum atomic E-state index is 12.3. The Morgan fingerprint density at radius 3 is 2.96 bits per heavy atom. The average Bonchev–Trinajstić information content (AvgIpc) is 3.21. The second kappa shape index (κ2) is 7.23. The summed E-state index contributed by atoms with van der Waals surface area (Å²) in [5, 5.41) is 8.05. The first-order valence-corrected chi connectivity index (χ1v) is 10.8. The van der Waals surface area contributed by atoms with Gasteiger partial charge in [0, 0.05) is 17.6 Å². The molecule has 1 aromatic carbocycles. The molecule has 4 rings (SSSR count). The van der Waals surface area contributed by atoms with Crippen LogP contribution in [0.5, 0.6) is 5.75 Å². The fourth-order valence-corrected chi connectivity index (χ4v) is 5.02. The Balaban J connectivity index is 1.42. The number of sulfone groups is 1. The second-order valence-corrected chi connectivity index (χ2v) is 9.10. The van der Waals surface area contributed by atoms with Crippen molar-refractivity contribution in [2.75, 3.05) is 23.4 Å². The number of nitrogens with one attached hydrogen (secondary N) is 1. The largest absolute Gasteiger partial charge is 0.484 e. The summed E-state index contributed by atoms with van der Waals surface area (Å²) in [6.07, 6.45) is 2.21. The zero-order valence-corrected chi connectivity index (χ0v) is 16.1. The highest BCUT2D eigenvalue weighted by Crippen LogP contribution is 2.27. The van der Waals surface area contributed by atoms with Crippen LogP contribution in [0.4, 0.5) is 5.82 Å². The SMILES string of the molecule is Cc1cc(NC(=O)COc2ccc3ncccc3c2)n(C2CCS(=O)(=O)C2)n1. The summed E-state index contributed by atoms with van der Waals surface area (Å²) in [5.74, 6) is 0.897. The lowest BCUT2D eigenvalue weighted by atomic mass is 10.2. The van der Waals surface area contributed by atoms with Gasteiger partial charge < -0.3 is 10.1 Å². The zero-order chi connectivity index (χ0) is 19.7. The summed E-state index contributed by atoms with van der Waals surface area (Å²) in [6, 6.07) is 10.7. The van der Waals surface area contributed by atoms with Crippen LogP contribution in [-0.4, -0.2) is 47.2 Å². The van der Waals surface area contributed by atoms with Crippen LogP contribution in [0.1, 0.15) is 18.2 Å². The van der Waals surface area contributed by atoms with E-state index >= 15 is 0 Å². The highest BCUT2D eigenvalue weighted by molar-refractivity contribution is 7.91. The molecule has 0 saturated carbocycles. The number of rotatable bonds is 5. The van der Waals surface area contributed by atoms with Gasteiger partial charge in [-0.2, -0.15) is 5.10 Å². The van der Waals surface area contributed by atoms with E-state index in [0.29, 0.717) is 23.7 Å². The van der Waals surface area contributed by atoms with E-state index in [4.69, 9.17) is 4.74 Å². The zero-order valence-electron chi connectivity index (χ0n) is 15.3. The van der Waals surface area contributed by atoms with Crippen molar-refractivity contribution in [2.24, 2.45) is 0 Å². The molecule has 1 amide bonds. The van der Waals surface area contributed by atoms with Crippen molar-refractivity contribution in [3.8, 4) is 5.75 Å². The number of nitrogens with zero attached hydrogens (tertiary/aromatic N) is 3. The third-order valence-electron chi connectivity index (χ3n) is 4.62. The molecule has 2 aromatic heterocycles. The molecule has 0 spiro atoms. The van der Waals surface area contributed by atoms with Crippen LogP contribution in [0, 0.1) is 6.92 Å². The monoisotopic (exact) mass is 400 g/mol. The summed E-state index contributed by atoms with van der Waals surface area (Å²) >= 11 is 0. The molecule has 0 radical (unpaired) electrons. The quantitative estimate of drug-likeness (QED) is 0.704. The van der Waals surface area contributed by atoms with Gasteiger partial charge in [0.25, 0.3) is 5.91 Å². The van der Waals surface area contributed by atoms with Gasteiger partial charge in [-0.15, -0.1) is 0 Å². The van der Waals surface area contributed by atoms with Crippen molar-refractivity contribution in [3.05, 3.63) is 48.3 Å². The molecule has 3 heterocycles. The molecule has 1 fully saturated rings. The molecule has 3 aromatic rings. The van der Waals surface area contributed by atoms with Crippen LogP contribution in [-0.2, 0) is 14.6 Å². The first-order valence-electron chi connectivity index (χ1n) is 8.94. The van der Waals surface area contributed by atoms with Crippen LogP contribution >= 0.6 is 0 Å². The smallest absolute Gasteiger partial charge is 0.263 e. The molecule has 146 valence electrons. The van der Waals surface area contributed by atoms with Gasteiger partial charge in [-0.05, 0) is 37.6 Å². The maximum Gasteiger partial charge on any atom is 0.263 e. The highest BCUT2D eigenvalue weighted by atomic mass is 32.2. The van der Waals surface area contributed by atoms with Crippen molar-refractivity contribution in [3.63, 3.8) is 0 Å². The standard InChI is InChI=1S/C19H20N4O4S/c1-13-9-18(23(22-13)15-6-8-28(25,26)12-15)21-19(24)11-27-16-4-5-17-14(10-16)3-2-7-20-17/h2-5,7,9-10,15H,6,8,11-12H2,1H3,(H,21,24). The number of amides is 1. The van der Waals surface area contributed by atoms with Gasteiger partial charge in [0.15, 0.2) is 16.4 Å². The molecular formula is C19H20N4O4S. The van der Waals surface area contributed by atoms with Crippen molar-refractivity contribution < 1.29 is 17.9 Å². The van der Waals surface area contributed by atoms with Gasteiger partial charge >= 0.3 is 0 Å². The molecule has 8 nitrogen and oxygen atoms in total. The number of aromatic nitrogens is 3. The van der Waals surface area contributed by atoms with Gasteiger partial charge in [-0.25, -0.2) is 13.1 Å². The van der Waals surface area contributed by atoms with E-state index < -0.39 is 9.84 Å². The lowest BCUT2D eigenvalue weighted by molar-refractivity contribution is -0.118. The fourth-order valence-electron chi connectivity index (χ4n) is 3.33. The Morgan fingerprint density at radius 1 is 1.32 bits per heavy atom. The molecule has 0 bridgehead atoms. The molecule has 28 heavy (non-hydrogen) atoms. The van der Waals surface area contributed by atoms with E-state index in [2.05, 4.69) is 15.4 Å². The third-order valence-corrected chi connectivity index (χ3v) is 6.37. The average molecular weight is 400 g/mol. The highest BCUT2D eigenvalue weighted by Gasteiger charge is 2.31. The number of anilines is 1. The molecule has 1 unspecified atom stereocenters. The van der Waals surface area contributed by atoms with Crippen molar-refractivity contribution in [1.82, 2.24) is 14.8 Å². The normalized spacial score (nSPS) is 18.2. The fraction of sp³-hybridized carbons (Fsp3) is 0.316. The number of benzene rings is 1. The van der Waals surface area contributed by atoms with E-state index in [1.54, 1.807) is 29.9 Å². The lowest BCUT2D eigenvalue weighted by Crippen LogP contribution is -2.23. The number of hydrogen-bond donors (Lipinski definition) is 1. The molecule has 9 heteroatoms. The Labute approximate surface area is 162 Å². The first-order chi connectivity index (χ1) is 13.4. The number of fused-ring (bicyclic) bond motifs is 1. The number of carbonyl (C=O) groups excluding carboxylic acids is 1. The number of aryl methyl sites for hydroxylation is 1. The molecular weight excluding hydrogens is 380 g/mol. The van der Waals surface area contributed by atoms with E-state index in [-0.39, 0.29) is 30.1 Å². The Hall–Kier alpha value is -2.94. The maximum absolute atomic E-state index is 12.3. The topological polar surface area (TPSA) is 103 Å². The predicted molar refractivity (Wildman–Crippen MR) is 105 cm³/mol. The lowest BCUT2D eigenvalue weighted by Gasteiger charge is -2.14. The number of pyridine rings is 1. The minimum Gasteiger partial charge on any atom is -0.484 e. The predicted octanol–water partition coefficient (Wildman–Crippen LogP) is 2.12. The van der Waals surface area contributed by atoms with E-state index in [1.807, 2.05) is 24.3 Å². The van der Waals surface area contributed by atoms with E-state index in [0.717, 1.165) is 10.9 Å². The van der Waals surface area contributed by atoms with Gasteiger partial charge in [0.2, 0.25) is 0 Å². The van der Waals surface area contributed by atoms with Crippen molar-refractivity contribution in [2.45, 2.75) is 19.4 Å². The Bertz CT molecular complexity index is 1140. The van der Waals surface area contributed by atoms with Gasteiger partial charge in [-0.3, -0.25) is 9.78 Å². The van der Waals surface area contributed by atoms with Crippen LogP contribution in [0.2, 0.25) is 0 Å². The van der Waals surface area contributed by atoms with Gasteiger partial charge in [-0.1, -0.05) is 6.07 Å². The summed E-state index contributed by atoms with van der Waals surface area (Å²) in [5.41, 5.74) is 1.56. The molecule has 0 aliphatic carbocycles. The number of hydrogen-bond acceptors (Lipinski definition) is 6. The Morgan fingerprint density at radius 2 is 2.18 bits per heavy atom. The first kappa shape index (κ1) is 18.4. The summed E-state index contributed by atoms with van der Waals surface area (Å²) in [4.78, 5) is 16.6. The summed E-state index contributed by atoms with van der Waals surface area (Å²) < 4.78 is 30.7. The third kappa shape index (κ3) is 3.99. The van der Waals surface area contributed by atoms with Crippen molar-refractivity contribution >= 4 is 32.5 Å². The van der Waals surface area contributed by atoms with E-state index in [9.17, 15) is 13.2 Å². The van der Waals surface area contributed by atoms with Gasteiger partial charge in [0.05, 0.1) is 28.8 Å². The summed E-state index contributed by atoms with van der Waals surface area (Å²) in [7, 11) is -3.05. The minimum atomic E-state index is -3.05. The van der Waals surface area contributed by atoms with Crippen LogP contribution in [0.3, 0.4) is 0 Å². The molecule has 1 saturated heterocycles. The van der Waals surface area contributed by atoms with Crippen LogP contribution in [0.15, 0.2) is 42.6 Å². The minimum absolute atomic E-state index is 0.0403. The number of ether oxygens (including phenoxy) is 1. The second-order valence-electron chi connectivity index (χ2n) is 6.87. The molecule has 1 N–H and O–H groups in total. The molecule has 1 aliphatic rings. The summed E-state index contributed by atoms with van der Waals surface area (Å²) in [6.45, 7) is 1.63. The van der Waals surface area contributed by atoms with Crippen molar-refractivity contribution in [1.29, 1.82) is 0 Å². The van der Waals surface area contributed by atoms with E-state index in [1.165, 1.54) is 0 Å². The molecule has 1 atom stereocenters. The Kier molecular flexibility index (Phi) is 4.76. The molecule has 1 aliphatic heterocycles. The van der Waals surface area contributed by atoms with Gasteiger partial charge in [0.1, 0.15) is 11.6 Å².